The van der Waals surface area contributed by atoms with Crippen molar-refractivity contribution in [2.75, 3.05) is 12.8 Å². The number of rotatable bonds is 3. The van der Waals surface area contributed by atoms with E-state index in [2.05, 4.69) is 10.1 Å². The third-order valence-electron chi connectivity index (χ3n) is 2.15. The molecule has 0 saturated heterocycles. The van der Waals surface area contributed by atoms with Crippen molar-refractivity contribution in [3.05, 3.63) is 35.9 Å². The van der Waals surface area contributed by atoms with Gasteiger partial charge in [-0.2, -0.15) is 0 Å². The van der Waals surface area contributed by atoms with Gasteiger partial charge in [0, 0.05) is 11.6 Å². The second-order valence-electron chi connectivity index (χ2n) is 3.26. The van der Waals surface area contributed by atoms with Crippen LogP contribution in [-0.2, 0) is 6.54 Å². The van der Waals surface area contributed by atoms with Crippen molar-refractivity contribution in [2.24, 2.45) is 0 Å². The number of nitrogen functional groups attached to an aromatic ring is 1. The SMILES string of the molecule is COc1ccc(Cn2cnc(N)n2)c(F)c1. The summed E-state index contributed by atoms with van der Waals surface area (Å²) in [5.41, 5.74) is 5.86. The summed E-state index contributed by atoms with van der Waals surface area (Å²) in [5, 5.41) is 3.88. The highest BCUT2D eigenvalue weighted by Gasteiger charge is 2.05. The Morgan fingerprint density at radius 3 is 2.88 bits per heavy atom. The summed E-state index contributed by atoms with van der Waals surface area (Å²) in [7, 11) is 1.49. The summed E-state index contributed by atoms with van der Waals surface area (Å²) in [6.07, 6.45) is 1.46. The fourth-order valence-electron chi connectivity index (χ4n) is 1.34. The van der Waals surface area contributed by atoms with E-state index in [9.17, 15) is 4.39 Å². The Morgan fingerprint density at radius 2 is 2.31 bits per heavy atom. The van der Waals surface area contributed by atoms with Crippen LogP contribution in [0.5, 0.6) is 5.75 Å². The standard InChI is InChI=1S/C10H11FN4O/c1-16-8-3-2-7(9(11)4-8)5-15-6-13-10(12)14-15/h2-4,6H,5H2,1H3,(H2,12,14). The molecule has 2 N–H and O–H groups in total. The summed E-state index contributed by atoms with van der Waals surface area (Å²) in [6, 6.07) is 4.67. The summed E-state index contributed by atoms with van der Waals surface area (Å²) in [6.45, 7) is 0.292. The van der Waals surface area contributed by atoms with Gasteiger partial charge in [0.05, 0.1) is 13.7 Å². The van der Waals surface area contributed by atoms with E-state index >= 15 is 0 Å². The minimum absolute atomic E-state index is 0.175. The number of hydrogen-bond donors (Lipinski definition) is 1. The van der Waals surface area contributed by atoms with Gasteiger partial charge >= 0.3 is 0 Å². The van der Waals surface area contributed by atoms with Gasteiger partial charge in [-0.05, 0) is 6.07 Å². The van der Waals surface area contributed by atoms with E-state index in [-0.39, 0.29) is 11.8 Å². The molecule has 0 amide bonds. The van der Waals surface area contributed by atoms with Crippen molar-refractivity contribution in [1.29, 1.82) is 0 Å². The molecule has 2 rings (SSSR count). The molecular weight excluding hydrogens is 211 g/mol. The molecule has 0 spiro atoms. The van der Waals surface area contributed by atoms with E-state index in [1.165, 1.54) is 24.2 Å². The molecule has 0 aliphatic rings. The molecule has 0 unspecified atom stereocenters. The largest absolute Gasteiger partial charge is 0.497 e. The van der Waals surface area contributed by atoms with Crippen molar-refractivity contribution >= 4 is 5.95 Å². The first kappa shape index (κ1) is 10.4. The predicted octanol–water partition coefficient (Wildman–Crippen LogP) is 1.06. The van der Waals surface area contributed by atoms with E-state index in [0.29, 0.717) is 17.9 Å². The number of nitrogens with two attached hydrogens (primary N) is 1. The number of benzene rings is 1. The third-order valence-corrected chi connectivity index (χ3v) is 2.15. The van der Waals surface area contributed by atoms with Crippen LogP contribution < -0.4 is 10.5 Å². The fraction of sp³-hybridized carbons (Fsp3) is 0.200. The summed E-state index contributed by atoms with van der Waals surface area (Å²) in [4.78, 5) is 3.76. The van der Waals surface area contributed by atoms with E-state index < -0.39 is 0 Å². The van der Waals surface area contributed by atoms with E-state index in [4.69, 9.17) is 10.5 Å². The Labute approximate surface area is 91.7 Å². The molecule has 0 fully saturated rings. The summed E-state index contributed by atoms with van der Waals surface area (Å²) >= 11 is 0. The Hall–Kier alpha value is -2.11. The zero-order valence-corrected chi connectivity index (χ0v) is 8.72. The molecular formula is C10H11FN4O. The maximum atomic E-state index is 13.6. The molecule has 0 radical (unpaired) electrons. The molecule has 1 aromatic heterocycles. The maximum absolute atomic E-state index is 13.6. The molecule has 84 valence electrons. The molecule has 2 aromatic rings. The lowest BCUT2D eigenvalue weighted by Gasteiger charge is -2.05. The van der Waals surface area contributed by atoms with Crippen molar-refractivity contribution in [2.45, 2.75) is 6.54 Å². The molecule has 1 aromatic carbocycles. The molecule has 6 heteroatoms. The second kappa shape index (κ2) is 4.18. The topological polar surface area (TPSA) is 66.0 Å². The van der Waals surface area contributed by atoms with Crippen LogP contribution in [0.3, 0.4) is 0 Å². The lowest BCUT2D eigenvalue weighted by molar-refractivity contribution is 0.410. The van der Waals surface area contributed by atoms with Gasteiger partial charge in [0.15, 0.2) is 0 Å². The molecule has 0 aliphatic carbocycles. The monoisotopic (exact) mass is 222 g/mol. The van der Waals surface area contributed by atoms with Crippen LogP contribution in [0.15, 0.2) is 24.5 Å². The molecule has 0 aliphatic heterocycles. The smallest absolute Gasteiger partial charge is 0.239 e. The van der Waals surface area contributed by atoms with Crippen molar-refractivity contribution < 1.29 is 9.13 Å². The molecule has 5 nitrogen and oxygen atoms in total. The predicted molar refractivity (Wildman–Crippen MR) is 56.5 cm³/mol. The van der Waals surface area contributed by atoms with E-state index in [0.717, 1.165) is 0 Å². The fourth-order valence-corrected chi connectivity index (χ4v) is 1.34. The van der Waals surface area contributed by atoms with Crippen LogP contribution in [0, 0.1) is 5.82 Å². The summed E-state index contributed by atoms with van der Waals surface area (Å²) < 4.78 is 19.9. The van der Waals surface area contributed by atoms with Gasteiger partial charge in [0.2, 0.25) is 5.95 Å². The lowest BCUT2D eigenvalue weighted by Crippen LogP contribution is -2.03. The van der Waals surface area contributed by atoms with Crippen LogP contribution in [0.2, 0.25) is 0 Å². The number of ether oxygens (including phenoxy) is 1. The van der Waals surface area contributed by atoms with Crippen LogP contribution >= 0.6 is 0 Å². The van der Waals surface area contributed by atoms with Crippen LogP contribution in [-0.4, -0.2) is 21.9 Å². The average molecular weight is 222 g/mol. The van der Waals surface area contributed by atoms with Gasteiger partial charge in [-0.3, -0.25) is 0 Å². The number of methoxy groups -OCH3 is 1. The highest BCUT2D eigenvalue weighted by molar-refractivity contribution is 5.29. The van der Waals surface area contributed by atoms with Crippen LogP contribution in [0.25, 0.3) is 0 Å². The Morgan fingerprint density at radius 1 is 1.50 bits per heavy atom. The second-order valence-corrected chi connectivity index (χ2v) is 3.26. The van der Waals surface area contributed by atoms with Gasteiger partial charge < -0.3 is 10.5 Å². The Kier molecular flexibility index (Phi) is 2.72. The number of anilines is 1. The van der Waals surface area contributed by atoms with Gasteiger partial charge in [0.1, 0.15) is 17.9 Å². The average Bonchev–Trinajstić information content (AvgIpc) is 2.67. The van der Waals surface area contributed by atoms with Gasteiger partial charge in [-0.1, -0.05) is 6.07 Å². The van der Waals surface area contributed by atoms with Crippen molar-refractivity contribution in [3.8, 4) is 5.75 Å². The van der Waals surface area contributed by atoms with E-state index in [1.54, 1.807) is 12.1 Å². The zero-order chi connectivity index (χ0) is 11.5. The highest BCUT2D eigenvalue weighted by Crippen LogP contribution is 2.16. The molecule has 16 heavy (non-hydrogen) atoms. The molecule has 0 atom stereocenters. The summed E-state index contributed by atoms with van der Waals surface area (Å²) in [5.74, 6) is 0.321. The zero-order valence-electron chi connectivity index (χ0n) is 8.72. The van der Waals surface area contributed by atoms with Crippen LogP contribution in [0.4, 0.5) is 10.3 Å². The van der Waals surface area contributed by atoms with Gasteiger partial charge in [-0.25, -0.2) is 14.1 Å². The third kappa shape index (κ3) is 2.10. The van der Waals surface area contributed by atoms with Gasteiger partial charge in [0.25, 0.3) is 0 Å². The number of nitrogens with zero attached hydrogens (tertiary/aromatic N) is 3. The Balaban J connectivity index is 2.21. The minimum atomic E-state index is -0.339. The first-order valence-electron chi connectivity index (χ1n) is 4.66. The van der Waals surface area contributed by atoms with Gasteiger partial charge in [-0.15, -0.1) is 5.10 Å². The Bertz CT molecular complexity index is 497. The van der Waals surface area contributed by atoms with Crippen molar-refractivity contribution in [3.63, 3.8) is 0 Å². The van der Waals surface area contributed by atoms with Crippen molar-refractivity contribution in [1.82, 2.24) is 14.8 Å². The quantitative estimate of drug-likeness (QED) is 0.843. The maximum Gasteiger partial charge on any atom is 0.239 e. The first-order valence-corrected chi connectivity index (χ1v) is 4.66. The number of halogens is 1. The number of aromatic nitrogens is 3. The molecule has 0 bridgehead atoms. The highest BCUT2D eigenvalue weighted by atomic mass is 19.1. The first-order chi connectivity index (χ1) is 7.69. The normalized spacial score (nSPS) is 10.4. The lowest BCUT2D eigenvalue weighted by atomic mass is 10.2. The minimum Gasteiger partial charge on any atom is -0.497 e. The number of hydrogen-bond acceptors (Lipinski definition) is 4. The van der Waals surface area contributed by atoms with E-state index in [1.807, 2.05) is 0 Å². The molecule has 0 saturated carbocycles. The molecule has 1 heterocycles. The van der Waals surface area contributed by atoms with Crippen LogP contribution in [0.1, 0.15) is 5.56 Å².